The van der Waals surface area contributed by atoms with Crippen molar-refractivity contribution in [3.63, 3.8) is 0 Å². The summed E-state index contributed by atoms with van der Waals surface area (Å²) in [4.78, 5) is 20.0. The molecule has 1 aliphatic heterocycles. The monoisotopic (exact) mass is 364 g/mol. The molecule has 0 spiro atoms. The summed E-state index contributed by atoms with van der Waals surface area (Å²) >= 11 is 1.45. The van der Waals surface area contributed by atoms with Crippen molar-refractivity contribution in [1.29, 1.82) is 0 Å². The fraction of sp³-hybridized carbons (Fsp3) is 0.238. The average Bonchev–Trinajstić information content (AvgIpc) is 3.18. The van der Waals surface area contributed by atoms with Crippen LogP contribution in [0, 0.1) is 0 Å². The lowest BCUT2D eigenvalue weighted by molar-refractivity contribution is 0.0739. The third kappa shape index (κ3) is 3.35. The van der Waals surface area contributed by atoms with Gasteiger partial charge in [-0.25, -0.2) is 4.98 Å². The van der Waals surface area contributed by atoms with E-state index in [-0.39, 0.29) is 5.91 Å². The van der Waals surface area contributed by atoms with Gasteiger partial charge in [-0.1, -0.05) is 36.4 Å². The van der Waals surface area contributed by atoms with Crippen LogP contribution in [0.3, 0.4) is 0 Å². The summed E-state index contributed by atoms with van der Waals surface area (Å²) in [5.74, 6) is 0.918. The molecular weight excluding hydrogens is 344 g/mol. The van der Waals surface area contributed by atoms with Crippen LogP contribution in [0.15, 0.2) is 54.7 Å². The Morgan fingerprint density at radius 2 is 2.04 bits per heavy atom. The molecule has 0 unspecified atom stereocenters. The summed E-state index contributed by atoms with van der Waals surface area (Å²) in [6, 6.07) is 16.1. The fourth-order valence-electron chi connectivity index (χ4n) is 3.21. The van der Waals surface area contributed by atoms with Gasteiger partial charge < -0.3 is 9.64 Å². The molecule has 26 heavy (non-hydrogen) atoms. The number of carbonyl (C=O) groups excluding carboxylic acids is 1. The van der Waals surface area contributed by atoms with Crippen molar-refractivity contribution >= 4 is 17.2 Å². The SMILES string of the molecule is CCOc1ccc2c(c1)CN(C(=O)c1cnc(-c3ccccc3)s1)CC2. The molecule has 3 aromatic rings. The van der Waals surface area contributed by atoms with Crippen LogP contribution in [-0.2, 0) is 13.0 Å². The molecule has 0 fully saturated rings. The summed E-state index contributed by atoms with van der Waals surface area (Å²) in [6.45, 7) is 3.97. The zero-order valence-electron chi connectivity index (χ0n) is 14.6. The normalized spacial score (nSPS) is 13.3. The number of hydrogen-bond donors (Lipinski definition) is 0. The lowest BCUT2D eigenvalue weighted by Crippen LogP contribution is -2.35. The number of thiazole rings is 1. The van der Waals surface area contributed by atoms with Crippen LogP contribution in [-0.4, -0.2) is 28.9 Å². The van der Waals surface area contributed by atoms with Crippen molar-refractivity contribution in [3.8, 4) is 16.3 Å². The third-order valence-electron chi connectivity index (χ3n) is 4.53. The van der Waals surface area contributed by atoms with Crippen LogP contribution >= 0.6 is 11.3 Å². The minimum atomic E-state index is 0.0529. The molecule has 0 aliphatic carbocycles. The lowest BCUT2D eigenvalue weighted by Gasteiger charge is -2.28. The number of rotatable bonds is 4. The van der Waals surface area contributed by atoms with E-state index in [0.29, 0.717) is 18.0 Å². The first-order valence-corrected chi connectivity index (χ1v) is 9.61. The highest BCUT2D eigenvalue weighted by Gasteiger charge is 2.24. The molecule has 0 saturated heterocycles. The van der Waals surface area contributed by atoms with Gasteiger partial charge in [0.2, 0.25) is 0 Å². The molecule has 5 heteroatoms. The first-order valence-electron chi connectivity index (χ1n) is 8.79. The maximum absolute atomic E-state index is 12.9. The first-order chi connectivity index (χ1) is 12.7. The van der Waals surface area contributed by atoms with Crippen LogP contribution in [0.4, 0.5) is 0 Å². The van der Waals surface area contributed by atoms with Crippen molar-refractivity contribution in [2.24, 2.45) is 0 Å². The summed E-state index contributed by atoms with van der Waals surface area (Å²) in [6.07, 6.45) is 2.57. The standard InChI is InChI=1S/C21H20N2O2S/c1-2-25-18-9-8-15-10-11-23(14-17(15)12-18)21(24)19-13-22-20(26-19)16-6-4-3-5-7-16/h3-9,12-13H,2,10-11,14H2,1H3. The quantitative estimate of drug-likeness (QED) is 0.689. The molecule has 0 bridgehead atoms. The highest BCUT2D eigenvalue weighted by atomic mass is 32.1. The van der Waals surface area contributed by atoms with Gasteiger partial charge in [0.1, 0.15) is 15.6 Å². The number of fused-ring (bicyclic) bond motifs is 1. The van der Waals surface area contributed by atoms with E-state index in [1.807, 2.05) is 48.2 Å². The van der Waals surface area contributed by atoms with E-state index in [1.165, 1.54) is 22.5 Å². The zero-order valence-corrected chi connectivity index (χ0v) is 15.5. The Morgan fingerprint density at radius 1 is 1.19 bits per heavy atom. The summed E-state index contributed by atoms with van der Waals surface area (Å²) in [5, 5.41) is 0.880. The van der Waals surface area contributed by atoms with E-state index < -0.39 is 0 Å². The van der Waals surface area contributed by atoms with Crippen LogP contribution in [0.2, 0.25) is 0 Å². The van der Waals surface area contributed by atoms with Crippen molar-refractivity contribution in [2.75, 3.05) is 13.2 Å². The van der Waals surface area contributed by atoms with E-state index in [9.17, 15) is 4.79 Å². The molecule has 0 saturated carbocycles. The van der Waals surface area contributed by atoms with E-state index in [2.05, 4.69) is 17.1 Å². The highest BCUT2D eigenvalue weighted by molar-refractivity contribution is 7.16. The minimum Gasteiger partial charge on any atom is -0.494 e. The fourth-order valence-corrected chi connectivity index (χ4v) is 4.10. The van der Waals surface area contributed by atoms with Crippen LogP contribution in [0.1, 0.15) is 27.7 Å². The second kappa shape index (κ2) is 7.30. The number of benzene rings is 2. The number of nitrogens with zero attached hydrogens (tertiary/aromatic N) is 2. The predicted molar refractivity (Wildman–Crippen MR) is 104 cm³/mol. The summed E-state index contributed by atoms with van der Waals surface area (Å²) in [7, 11) is 0. The second-order valence-electron chi connectivity index (χ2n) is 6.24. The average molecular weight is 364 g/mol. The van der Waals surface area contributed by atoms with E-state index in [1.54, 1.807) is 6.20 Å². The smallest absolute Gasteiger partial charge is 0.265 e. The minimum absolute atomic E-state index is 0.0529. The molecule has 0 atom stereocenters. The summed E-state index contributed by atoms with van der Waals surface area (Å²) in [5.41, 5.74) is 3.51. The molecule has 1 amide bonds. The Bertz CT molecular complexity index is 921. The van der Waals surface area contributed by atoms with Crippen LogP contribution in [0.5, 0.6) is 5.75 Å². The molecule has 132 valence electrons. The molecule has 4 rings (SSSR count). The van der Waals surface area contributed by atoms with Crippen LogP contribution in [0.25, 0.3) is 10.6 Å². The highest BCUT2D eigenvalue weighted by Crippen LogP contribution is 2.28. The largest absolute Gasteiger partial charge is 0.494 e. The van der Waals surface area contributed by atoms with Gasteiger partial charge in [0.05, 0.1) is 12.8 Å². The Balaban J connectivity index is 1.53. The van der Waals surface area contributed by atoms with Gasteiger partial charge in [-0.15, -0.1) is 11.3 Å². The number of ether oxygens (including phenoxy) is 1. The Labute approximate surface area is 157 Å². The Kier molecular flexibility index (Phi) is 4.71. The topological polar surface area (TPSA) is 42.4 Å². The van der Waals surface area contributed by atoms with Gasteiger partial charge in [-0.3, -0.25) is 4.79 Å². The molecule has 1 aromatic heterocycles. The van der Waals surface area contributed by atoms with Crippen molar-refractivity contribution in [3.05, 3.63) is 70.7 Å². The van der Waals surface area contributed by atoms with Gasteiger partial charge >= 0.3 is 0 Å². The molecule has 2 heterocycles. The maximum atomic E-state index is 12.9. The van der Waals surface area contributed by atoms with Crippen molar-refractivity contribution in [1.82, 2.24) is 9.88 Å². The van der Waals surface area contributed by atoms with Gasteiger partial charge in [0.25, 0.3) is 5.91 Å². The number of aromatic nitrogens is 1. The molecule has 0 radical (unpaired) electrons. The van der Waals surface area contributed by atoms with E-state index in [0.717, 1.165) is 29.3 Å². The van der Waals surface area contributed by atoms with E-state index in [4.69, 9.17) is 4.74 Å². The summed E-state index contributed by atoms with van der Waals surface area (Å²) < 4.78 is 5.59. The third-order valence-corrected chi connectivity index (χ3v) is 5.56. The maximum Gasteiger partial charge on any atom is 0.265 e. The lowest BCUT2D eigenvalue weighted by atomic mass is 9.99. The van der Waals surface area contributed by atoms with Crippen molar-refractivity contribution < 1.29 is 9.53 Å². The second-order valence-corrected chi connectivity index (χ2v) is 7.27. The van der Waals surface area contributed by atoms with Gasteiger partial charge in [0.15, 0.2) is 0 Å². The Hall–Kier alpha value is -2.66. The number of hydrogen-bond acceptors (Lipinski definition) is 4. The molecule has 4 nitrogen and oxygen atoms in total. The van der Waals surface area contributed by atoms with E-state index >= 15 is 0 Å². The predicted octanol–water partition coefficient (Wildman–Crippen LogP) is 4.41. The number of carbonyl (C=O) groups is 1. The molecule has 1 aliphatic rings. The molecule has 2 aromatic carbocycles. The zero-order chi connectivity index (χ0) is 17.9. The molecular formula is C21H20N2O2S. The molecule has 0 N–H and O–H groups in total. The van der Waals surface area contributed by atoms with Gasteiger partial charge in [-0.05, 0) is 36.6 Å². The van der Waals surface area contributed by atoms with Crippen LogP contribution < -0.4 is 4.74 Å². The van der Waals surface area contributed by atoms with Gasteiger partial charge in [-0.2, -0.15) is 0 Å². The number of amides is 1. The van der Waals surface area contributed by atoms with Gasteiger partial charge in [0, 0.05) is 18.7 Å². The Morgan fingerprint density at radius 3 is 2.85 bits per heavy atom. The van der Waals surface area contributed by atoms with Crippen molar-refractivity contribution in [2.45, 2.75) is 19.9 Å². The first kappa shape index (κ1) is 16.8.